The van der Waals surface area contributed by atoms with Crippen LogP contribution in [-0.4, -0.2) is 29.0 Å². The van der Waals surface area contributed by atoms with Gasteiger partial charge in [-0.25, -0.2) is 14.2 Å². The fourth-order valence-corrected chi connectivity index (χ4v) is 3.51. The number of hydrogen-bond acceptors (Lipinski definition) is 3. The van der Waals surface area contributed by atoms with Crippen molar-refractivity contribution < 1.29 is 9.18 Å². The summed E-state index contributed by atoms with van der Waals surface area (Å²) >= 11 is 1.47. The Morgan fingerprint density at radius 3 is 2.77 bits per heavy atom. The predicted molar refractivity (Wildman–Crippen MR) is 83.8 cm³/mol. The van der Waals surface area contributed by atoms with Crippen molar-refractivity contribution in [3.05, 3.63) is 46.7 Å². The highest BCUT2D eigenvalue weighted by Gasteiger charge is 2.33. The molecule has 0 spiro atoms. The van der Waals surface area contributed by atoms with Gasteiger partial charge in [0.1, 0.15) is 5.82 Å². The molecule has 4 nitrogen and oxygen atoms in total. The molecule has 4 rings (SSSR count). The van der Waals surface area contributed by atoms with Crippen LogP contribution in [0.25, 0.3) is 0 Å². The van der Waals surface area contributed by atoms with Crippen molar-refractivity contribution >= 4 is 22.5 Å². The van der Waals surface area contributed by atoms with Crippen molar-refractivity contribution in [3.63, 3.8) is 0 Å². The number of halogens is 1. The van der Waals surface area contributed by atoms with Gasteiger partial charge in [0.15, 0.2) is 5.13 Å². The zero-order chi connectivity index (χ0) is 15.1. The molecule has 6 heteroatoms. The van der Waals surface area contributed by atoms with Gasteiger partial charge in [0.05, 0.1) is 5.69 Å². The lowest BCUT2D eigenvalue weighted by atomic mass is 9.91. The zero-order valence-electron chi connectivity index (χ0n) is 12.0. The number of carbonyl (C=O) groups is 1. The maximum atomic E-state index is 13.7. The topological polar surface area (TPSA) is 45.2 Å². The molecule has 2 aliphatic rings. The first-order chi connectivity index (χ1) is 10.7. The van der Waals surface area contributed by atoms with E-state index in [9.17, 15) is 9.18 Å². The smallest absolute Gasteiger partial charge is 0.323 e. The van der Waals surface area contributed by atoms with Crippen molar-refractivity contribution in [2.75, 3.05) is 18.4 Å². The molecule has 1 N–H and O–H groups in total. The number of carbonyl (C=O) groups excluding carboxylic acids is 1. The second-order valence-electron chi connectivity index (χ2n) is 5.91. The highest BCUT2D eigenvalue weighted by Crippen LogP contribution is 2.41. The number of aromatic nitrogens is 1. The van der Waals surface area contributed by atoms with Crippen LogP contribution >= 0.6 is 11.3 Å². The van der Waals surface area contributed by atoms with Gasteiger partial charge in [-0.05, 0) is 24.5 Å². The highest BCUT2D eigenvalue weighted by atomic mass is 32.1. The first-order valence-electron chi connectivity index (χ1n) is 7.46. The Morgan fingerprint density at radius 2 is 2.05 bits per heavy atom. The largest absolute Gasteiger partial charge is 0.323 e. The number of nitrogens with one attached hydrogen (secondary N) is 1. The first kappa shape index (κ1) is 13.7. The quantitative estimate of drug-likeness (QED) is 0.936. The summed E-state index contributed by atoms with van der Waals surface area (Å²) in [5, 5.41) is 5.51. The average Bonchev–Trinajstić information content (AvgIpc) is 3.20. The predicted octanol–water partition coefficient (Wildman–Crippen LogP) is 3.79. The van der Waals surface area contributed by atoms with Crippen LogP contribution in [0.5, 0.6) is 0 Å². The molecule has 2 fully saturated rings. The van der Waals surface area contributed by atoms with Crippen LogP contribution in [0.15, 0.2) is 29.6 Å². The molecule has 1 saturated carbocycles. The van der Waals surface area contributed by atoms with E-state index in [2.05, 4.69) is 10.3 Å². The van der Waals surface area contributed by atoms with E-state index in [0.29, 0.717) is 29.7 Å². The van der Waals surface area contributed by atoms with Crippen molar-refractivity contribution in [1.29, 1.82) is 0 Å². The highest BCUT2D eigenvalue weighted by molar-refractivity contribution is 7.13. The second-order valence-corrected chi connectivity index (χ2v) is 6.76. The fourth-order valence-electron chi connectivity index (χ4n) is 2.73. The van der Waals surface area contributed by atoms with Crippen molar-refractivity contribution in [2.24, 2.45) is 0 Å². The maximum absolute atomic E-state index is 13.7. The molecule has 1 aromatic heterocycles. The van der Waals surface area contributed by atoms with Gasteiger partial charge in [0.2, 0.25) is 0 Å². The molecule has 1 aliphatic heterocycles. The number of hydrogen-bond donors (Lipinski definition) is 1. The molecule has 22 heavy (non-hydrogen) atoms. The van der Waals surface area contributed by atoms with Gasteiger partial charge >= 0.3 is 6.03 Å². The number of amides is 2. The van der Waals surface area contributed by atoms with E-state index in [1.807, 2.05) is 11.4 Å². The normalized spacial score (nSPS) is 18.1. The van der Waals surface area contributed by atoms with Crippen LogP contribution in [0.3, 0.4) is 0 Å². The molecule has 2 heterocycles. The van der Waals surface area contributed by atoms with E-state index >= 15 is 0 Å². The van der Waals surface area contributed by atoms with Crippen molar-refractivity contribution in [2.45, 2.75) is 24.7 Å². The summed E-state index contributed by atoms with van der Waals surface area (Å²) in [6, 6.07) is 6.62. The Labute approximate surface area is 132 Å². The van der Waals surface area contributed by atoms with Gasteiger partial charge < -0.3 is 4.90 Å². The Kier molecular flexibility index (Phi) is 3.33. The minimum Gasteiger partial charge on any atom is -0.323 e. The molecule has 0 radical (unpaired) electrons. The van der Waals surface area contributed by atoms with E-state index in [-0.39, 0.29) is 17.8 Å². The molecule has 2 aromatic rings. The monoisotopic (exact) mass is 317 g/mol. The van der Waals surface area contributed by atoms with Crippen molar-refractivity contribution in [1.82, 2.24) is 9.88 Å². The first-order valence-corrected chi connectivity index (χ1v) is 8.34. The maximum Gasteiger partial charge on any atom is 0.323 e. The summed E-state index contributed by atoms with van der Waals surface area (Å²) in [5.41, 5.74) is 1.78. The molecular formula is C16H16FN3OS. The van der Waals surface area contributed by atoms with E-state index in [1.54, 1.807) is 17.0 Å². The lowest BCUT2D eigenvalue weighted by Gasteiger charge is -2.39. The number of rotatable bonds is 3. The lowest BCUT2D eigenvalue weighted by Crippen LogP contribution is -2.50. The van der Waals surface area contributed by atoms with Crippen LogP contribution < -0.4 is 5.32 Å². The van der Waals surface area contributed by atoms with Gasteiger partial charge in [-0.1, -0.05) is 18.2 Å². The third-order valence-corrected chi connectivity index (χ3v) is 5.02. The molecule has 0 atom stereocenters. The lowest BCUT2D eigenvalue weighted by molar-refractivity contribution is 0.162. The van der Waals surface area contributed by atoms with E-state index in [1.165, 1.54) is 30.2 Å². The molecule has 1 saturated heterocycles. The Balaban J connectivity index is 1.34. The SMILES string of the molecule is O=C(Nc1nc(C2CC2)cs1)N1CC(c2ccccc2F)C1. The number of benzene rings is 1. The minimum absolute atomic E-state index is 0.0882. The summed E-state index contributed by atoms with van der Waals surface area (Å²) in [4.78, 5) is 18.3. The number of nitrogens with zero attached hydrogens (tertiary/aromatic N) is 2. The molecule has 0 bridgehead atoms. The molecular weight excluding hydrogens is 301 g/mol. The molecule has 1 aromatic carbocycles. The van der Waals surface area contributed by atoms with Gasteiger partial charge in [-0.2, -0.15) is 0 Å². The summed E-state index contributed by atoms with van der Waals surface area (Å²) < 4.78 is 13.7. The van der Waals surface area contributed by atoms with Gasteiger partial charge in [0.25, 0.3) is 0 Å². The third-order valence-electron chi connectivity index (χ3n) is 4.25. The van der Waals surface area contributed by atoms with Gasteiger partial charge in [-0.15, -0.1) is 11.3 Å². The Hall–Kier alpha value is -1.95. The van der Waals surface area contributed by atoms with Gasteiger partial charge in [0, 0.05) is 30.3 Å². The van der Waals surface area contributed by atoms with Crippen LogP contribution in [0.1, 0.15) is 35.9 Å². The summed E-state index contributed by atoms with van der Waals surface area (Å²) in [7, 11) is 0. The molecule has 1 aliphatic carbocycles. The van der Waals surface area contributed by atoms with Crippen LogP contribution in [0.2, 0.25) is 0 Å². The zero-order valence-corrected chi connectivity index (χ0v) is 12.8. The summed E-state index contributed by atoms with van der Waals surface area (Å²) in [6.07, 6.45) is 2.40. The molecule has 2 amide bonds. The summed E-state index contributed by atoms with van der Waals surface area (Å²) in [5.74, 6) is 0.489. The number of urea groups is 1. The second kappa shape index (κ2) is 5.35. The minimum atomic E-state index is -0.193. The number of likely N-dealkylation sites (tertiary alicyclic amines) is 1. The Bertz CT molecular complexity index is 707. The van der Waals surface area contributed by atoms with Crippen LogP contribution in [0.4, 0.5) is 14.3 Å². The summed E-state index contributed by atoms with van der Waals surface area (Å²) in [6.45, 7) is 1.10. The van der Waals surface area contributed by atoms with E-state index in [4.69, 9.17) is 0 Å². The van der Waals surface area contributed by atoms with Gasteiger partial charge in [-0.3, -0.25) is 5.32 Å². The van der Waals surface area contributed by atoms with Crippen LogP contribution in [-0.2, 0) is 0 Å². The third kappa shape index (κ3) is 2.59. The molecule has 114 valence electrons. The van der Waals surface area contributed by atoms with Crippen LogP contribution in [0, 0.1) is 5.82 Å². The number of anilines is 1. The van der Waals surface area contributed by atoms with E-state index in [0.717, 1.165) is 5.69 Å². The standard InChI is InChI=1S/C16H16FN3OS/c17-13-4-2-1-3-12(13)11-7-20(8-11)16(21)19-15-18-14(9-22-15)10-5-6-10/h1-4,9-11H,5-8H2,(H,18,19,21). The molecule has 0 unspecified atom stereocenters. The van der Waals surface area contributed by atoms with E-state index < -0.39 is 0 Å². The number of thiazole rings is 1. The van der Waals surface area contributed by atoms with Crippen molar-refractivity contribution in [3.8, 4) is 0 Å². The average molecular weight is 317 g/mol. The Morgan fingerprint density at radius 1 is 1.27 bits per heavy atom. The fraction of sp³-hybridized carbons (Fsp3) is 0.375.